The van der Waals surface area contributed by atoms with Gasteiger partial charge in [-0.05, 0) is 67.7 Å². The zero-order valence-electron chi connectivity index (χ0n) is 16.6. The lowest BCUT2D eigenvalue weighted by Crippen LogP contribution is -2.26. The first-order chi connectivity index (χ1) is 15.4. The number of carboxylic acid groups (broad SMARTS) is 1. The Hall–Kier alpha value is -3.02. The monoisotopic (exact) mass is 488 g/mol. The molecule has 4 rings (SSSR count). The summed E-state index contributed by atoms with van der Waals surface area (Å²) < 4.78 is 22.5. The molecule has 0 amide bonds. The average Bonchev–Trinajstić information content (AvgIpc) is 3.10. The Bertz CT molecular complexity index is 1410. The summed E-state index contributed by atoms with van der Waals surface area (Å²) in [5.41, 5.74) is 0.933. The van der Waals surface area contributed by atoms with Gasteiger partial charge in [-0.1, -0.05) is 23.1 Å². The molecule has 0 radical (unpaired) electrons. The smallest absolute Gasteiger partial charge is 0.278 e. The van der Waals surface area contributed by atoms with Crippen molar-refractivity contribution in [3.8, 4) is 17.1 Å². The number of nitrogens with zero attached hydrogens (tertiary/aromatic N) is 3. The standard InChI is InChI=1S/C21H16FN3O4S3/c1-2-29-15-9-7-13(8-10-15)24-18-17(32-21(24)30)19(28)25(14-5-3-12(22)4-6-14)20(23-18)31-11-16(26)27/h3-10H,2,11H2,1H3,(H,26,27)/p-1. The molecule has 0 aliphatic rings. The third kappa shape index (κ3) is 4.31. The van der Waals surface area contributed by atoms with Gasteiger partial charge in [-0.15, -0.1) is 0 Å². The minimum absolute atomic E-state index is 0.130. The molecule has 0 spiro atoms. The van der Waals surface area contributed by atoms with Crippen molar-refractivity contribution in [2.45, 2.75) is 12.1 Å². The van der Waals surface area contributed by atoms with Gasteiger partial charge in [0.05, 0.1) is 18.3 Å². The summed E-state index contributed by atoms with van der Waals surface area (Å²) in [4.78, 5) is 29.0. The zero-order valence-corrected chi connectivity index (χ0v) is 19.1. The third-order valence-electron chi connectivity index (χ3n) is 4.39. The number of thiazole rings is 1. The molecule has 0 unspecified atom stereocenters. The van der Waals surface area contributed by atoms with E-state index < -0.39 is 23.1 Å². The molecule has 0 bridgehead atoms. The van der Waals surface area contributed by atoms with Crippen LogP contribution in [0.1, 0.15) is 6.92 Å². The molecule has 11 heteroatoms. The minimum atomic E-state index is -1.30. The molecule has 2 aromatic carbocycles. The van der Waals surface area contributed by atoms with Crippen molar-refractivity contribution in [2.24, 2.45) is 0 Å². The second kappa shape index (κ2) is 9.23. The number of hydrogen-bond acceptors (Lipinski definition) is 8. The fourth-order valence-electron chi connectivity index (χ4n) is 3.06. The largest absolute Gasteiger partial charge is 0.549 e. The van der Waals surface area contributed by atoms with Gasteiger partial charge >= 0.3 is 0 Å². The van der Waals surface area contributed by atoms with Gasteiger partial charge in [0.2, 0.25) is 0 Å². The summed E-state index contributed by atoms with van der Waals surface area (Å²) in [5, 5.41) is 11.2. The Morgan fingerprint density at radius 3 is 2.41 bits per heavy atom. The number of halogens is 1. The van der Waals surface area contributed by atoms with Crippen molar-refractivity contribution in [1.82, 2.24) is 14.1 Å². The van der Waals surface area contributed by atoms with Gasteiger partial charge in [-0.3, -0.25) is 13.9 Å². The number of ether oxygens (including phenoxy) is 1. The van der Waals surface area contributed by atoms with Gasteiger partial charge in [0.1, 0.15) is 16.3 Å². The van der Waals surface area contributed by atoms with E-state index >= 15 is 0 Å². The molecule has 0 aliphatic heterocycles. The molecule has 2 aromatic heterocycles. The van der Waals surface area contributed by atoms with Crippen LogP contribution in [0.4, 0.5) is 4.39 Å². The highest BCUT2D eigenvalue weighted by Crippen LogP contribution is 2.28. The topological polar surface area (TPSA) is 89.2 Å². The first kappa shape index (κ1) is 22.2. The van der Waals surface area contributed by atoms with Crippen LogP contribution in [0.5, 0.6) is 5.75 Å². The van der Waals surface area contributed by atoms with E-state index in [1.54, 1.807) is 28.8 Å². The number of thioether (sulfide) groups is 1. The fraction of sp³-hybridized carbons (Fsp3) is 0.143. The van der Waals surface area contributed by atoms with Gasteiger partial charge in [-0.25, -0.2) is 9.37 Å². The van der Waals surface area contributed by atoms with E-state index in [2.05, 4.69) is 4.98 Å². The number of carboxylic acids is 1. The summed E-state index contributed by atoms with van der Waals surface area (Å²) >= 11 is 7.44. The van der Waals surface area contributed by atoms with Gasteiger partial charge in [0.15, 0.2) is 14.8 Å². The normalized spacial score (nSPS) is 11.1. The molecular weight excluding hydrogens is 473 g/mol. The lowest BCUT2D eigenvalue weighted by Gasteiger charge is -2.13. The van der Waals surface area contributed by atoms with E-state index in [1.807, 2.05) is 6.92 Å². The number of benzene rings is 2. The van der Waals surface area contributed by atoms with Crippen LogP contribution in [-0.4, -0.2) is 32.4 Å². The number of aromatic nitrogens is 3. The SMILES string of the molecule is CCOc1ccc(-n2c(=S)sc3c(=O)n(-c4ccc(F)cc4)c(SCC(=O)[O-])nc32)cc1. The van der Waals surface area contributed by atoms with Gasteiger partial charge < -0.3 is 14.6 Å². The minimum Gasteiger partial charge on any atom is -0.549 e. The molecule has 0 atom stereocenters. The molecule has 7 nitrogen and oxygen atoms in total. The van der Waals surface area contributed by atoms with Crippen LogP contribution in [-0.2, 0) is 4.79 Å². The molecule has 0 N–H and O–H groups in total. The first-order valence-electron chi connectivity index (χ1n) is 9.39. The highest BCUT2D eigenvalue weighted by atomic mass is 32.2. The van der Waals surface area contributed by atoms with Crippen LogP contribution in [0.2, 0.25) is 0 Å². The van der Waals surface area contributed by atoms with Crippen molar-refractivity contribution in [3.05, 3.63) is 68.7 Å². The van der Waals surface area contributed by atoms with Gasteiger partial charge in [0.25, 0.3) is 5.56 Å². The van der Waals surface area contributed by atoms with Crippen LogP contribution in [0, 0.1) is 9.77 Å². The van der Waals surface area contributed by atoms with E-state index in [-0.39, 0.29) is 5.16 Å². The van der Waals surface area contributed by atoms with Crippen LogP contribution in [0.3, 0.4) is 0 Å². The maximum atomic E-state index is 13.4. The number of hydrogen-bond donors (Lipinski definition) is 0. The highest BCUT2D eigenvalue weighted by molar-refractivity contribution is 7.99. The Morgan fingerprint density at radius 1 is 1.16 bits per heavy atom. The molecule has 32 heavy (non-hydrogen) atoms. The van der Waals surface area contributed by atoms with Crippen LogP contribution >= 0.6 is 35.3 Å². The maximum absolute atomic E-state index is 13.4. The zero-order chi connectivity index (χ0) is 22.8. The van der Waals surface area contributed by atoms with Crippen molar-refractivity contribution >= 4 is 51.6 Å². The lowest BCUT2D eigenvalue weighted by molar-refractivity contribution is -0.301. The maximum Gasteiger partial charge on any atom is 0.278 e. The molecular formula is C21H15FN3O4S3-. The molecule has 4 aromatic rings. The number of rotatable bonds is 7. The quantitative estimate of drug-likeness (QED) is 0.224. The van der Waals surface area contributed by atoms with E-state index in [9.17, 15) is 19.1 Å². The van der Waals surface area contributed by atoms with Gasteiger partial charge in [0, 0.05) is 11.4 Å². The Morgan fingerprint density at radius 2 is 1.78 bits per heavy atom. The number of aliphatic carboxylic acids is 1. The highest BCUT2D eigenvalue weighted by Gasteiger charge is 2.19. The fourth-order valence-corrected chi connectivity index (χ4v) is 5.08. The third-order valence-corrected chi connectivity index (χ3v) is 6.65. The predicted octanol–water partition coefficient (Wildman–Crippen LogP) is 3.35. The summed E-state index contributed by atoms with van der Waals surface area (Å²) in [7, 11) is 0. The lowest BCUT2D eigenvalue weighted by atomic mass is 10.3. The Labute approximate surface area is 194 Å². The number of fused-ring (bicyclic) bond motifs is 1. The predicted molar refractivity (Wildman–Crippen MR) is 122 cm³/mol. The molecule has 0 saturated carbocycles. The van der Waals surface area contributed by atoms with Crippen molar-refractivity contribution < 1.29 is 19.0 Å². The molecule has 2 heterocycles. The van der Waals surface area contributed by atoms with Crippen molar-refractivity contribution in [2.75, 3.05) is 12.4 Å². The second-order valence-corrected chi connectivity index (χ2v) is 9.04. The van der Waals surface area contributed by atoms with E-state index in [0.29, 0.717) is 38.0 Å². The Balaban J connectivity index is 1.94. The van der Waals surface area contributed by atoms with Crippen molar-refractivity contribution in [3.63, 3.8) is 0 Å². The van der Waals surface area contributed by atoms with Crippen LogP contribution in [0.15, 0.2) is 58.5 Å². The number of carbonyl (C=O) groups is 1. The van der Waals surface area contributed by atoms with Crippen LogP contribution < -0.4 is 15.4 Å². The average molecular weight is 489 g/mol. The summed E-state index contributed by atoms with van der Waals surface area (Å²) in [6.45, 7) is 2.42. The first-order valence-corrected chi connectivity index (χ1v) is 11.6. The van der Waals surface area contributed by atoms with Gasteiger partial charge in [-0.2, -0.15) is 0 Å². The summed E-state index contributed by atoms with van der Waals surface area (Å²) in [6, 6.07) is 12.5. The van der Waals surface area contributed by atoms with Crippen LogP contribution in [0.25, 0.3) is 21.7 Å². The Kier molecular flexibility index (Phi) is 6.40. The van der Waals surface area contributed by atoms with E-state index in [0.717, 1.165) is 23.1 Å². The summed E-state index contributed by atoms with van der Waals surface area (Å²) in [5.74, 6) is -1.48. The summed E-state index contributed by atoms with van der Waals surface area (Å²) in [6.07, 6.45) is 0. The molecule has 164 valence electrons. The number of carbonyl (C=O) groups excluding carboxylic acids is 1. The second-order valence-electron chi connectivity index (χ2n) is 6.46. The molecule has 0 fully saturated rings. The van der Waals surface area contributed by atoms with Crippen molar-refractivity contribution in [1.29, 1.82) is 0 Å². The molecule has 0 saturated heterocycles. The van der Waals surface area contributed by atoms with E-state index in [1.165, 1.54) is 28.8 Å². The van der Waals surface area contributed by atoms with E-state index in [4.69, 9.17) is 17.0 Å². The molecule has 0 aliphatic carbocycles.